The summed E-state index contributed by atoms with van der Waals surface area (Å²) in [6.07, 6.45) is 4.42. The van der Waals surface area contributed by atoms with Crippen LogP contribution in [0.15, 0.2) is 0 Å². The average Bonchev–Trinajstić information content (AvgIpc) is 3.12. The number of carbonyl (C=O) groups is 1. The Morgan fingerprint density at radius 1 is 1.20 bits per heavy atom. The van der Waals surface area contributed by atoms with E-state index in [0.29, 0.717) is 18.6 Å². The molecule has 25 heavy (non-hydrogen) atoms. The highest BCUT2D eigenvalue weighted by atomic mass is 16.2. The number of carbonyl (C=O) groups excluding carboxylic acids is 1. The molecule has 2 aliphatic heterocycles. The Hall–Kier alpha value is -1.40. The lowest BCUT2D eigenvalue weighted by molar-refractivity contribution is -0.123. The minimum absolute atomic E-state index is 0.182. The lowest BCUT2D eigenvalue weighted by Crippen LogP contribution is -2.47. The molecule has 1 N–H and O–H groups in total. The van der Waals surface area contributed by atoms with Gasteiger partial charge in [-0.05, 0) is 52.6 Å². The van der Waals surface area contributed by atoms with Crippen LogP contribution >= 0.6 is 0 Å². The predicted molar refractivity (Wildman–Crippen MR) is 99.5 cm³/mol. The molecular weight excluding hydrogens is 314 g/mol. The third-order valence-electron chi connectivity index (χ3n) is 6.01. The van der Waals surface area contributed by atoms with E-state index < -0.39 is 0 Å². The monoisotopic (exact) mass is 347 g/mol. The molecular formula is C19H33N5O. The van der Waals surface area contributed by atoms with Crippen molar-refractivity contribution in [1.29, 1.82) is 0 Å². The number of nitrogens with one attached hydrogen (secondary N) is 1. The molecule has 140 valence electrons. The average molecular weight is 348 g/mol. The number of aromatic nitrogens is 2. The van der Waals surface area contributed by atoms with Crippen molar-refractivity contribution < 1.29 is 4.79 Å². The number of hydrogen-bond donors (Lipinski definition) is 1. The number of rotatable bonds is 5. The first-order chi connectivity index (χ1) is 12.0. The summed E-state index contributed by atoms with van der Waals surface area (Å²) in [5, 5.41) is 7.83. The van der Waals surface area contributed by atoms with Crippen LogP contribution in [0.4, 0.5) is 0 Å². The molecule has 0 aromatic carbocycles. The number of aryl methyl sites for hydroxylation is 2. The van der Waals surface area contributed by atoms with Crippen molar-refractivity contribution >= 4 is 5.91 Å². The lowest BCUT2D eigenvalue weighted by Gasteiger charge is -2.32. The van der Waals surface area contributed by atoms with Crippen molar-refractivity contribution in [3.63, 3.8) is 0 Å². The third kappa shape index (κ3) is 4.06. The highest BCUT2D eigenvalue weighted by Crippen LogP contribution is 2.35. The van der Waals surface area contributed by atoms with Gasteiger partial charge in [-0.25, -0.2) is 0 Å². The van der Waals surface area contributed by atoms with E-state index in [1.54, 1.807) is 0 Å². The Morgan fingerprint density at radius 2 is 1.92 bits per heavy atom. The Morgan fingerprint density at radius 3 is 2.52 bits per heavy atom. The zero-order chi connectivity index (χ0) is 18.0. The molecule has 1 atom stereocenters. The van der Waals surface area contributed by atoms with Gasteiger partial charge in [0.25, 0.3) is 0 Å². The van der Waals surface area contributed by atoms with Gasteiger partial charge in [-0.15, -0.1) is 0 Å². The van der Waals surface area contributed by atoms with Gasteiger partial charge >= 0.3 is 0 Å². The highest BCUT2D eigenvalue weighted by molar-refractivity contribution is 5.78. The number of likely N-dealkylation sites (tertiary alicyclic amines) is 2. The molecule has 6 heteroatoms. The van der Waals surface area contributed by atoms with Crippen molar-refractivity contribution in [2.45, 2.75) is 58.5 Å². The van der Waals surface area contributed by atoms with Crippen LogP contribution in [-0.4, -0.2) is 64.3 Å². The van der Waals surface area contributed by atoms with Gasteiger partial charge in [0.2, 0.25) is 5.91 Å². The summed E-state index contributed by atoms with van der Waals surface area (Å²) in [5.41, 5.74) is 3.65. The van der Waals surface area contributed by atoms with Crippen LogP contribution in [-0.2, 0) is 11.8 Å². The van der Waals surface area contributed by atoms with Gasteiger partial charge in [-0.3, -0.25) is 14.4 Å². The van der Waals surface area contributed by atoms with Crippen LogP contribution in [0.1, 0.15) is 55.6 Å². The summed E-state index contributed by atoms with van der Waals surface area (Å²) in [6, 6.07) is 0.680. The van der Waals surface area contributed by atoms with Gasteiger partial charge in [-0.2, -0.15) is 5.10 Å². The van der Waals surface area contributed by atoms with Gasteiger partial charge in [0, 0.05) is 43.5 Å². The second-order valence-electron chi connectivity index (χ2n) is 7.61. The summed E-state index contributed by atoms with van der Waals surface area (Å²) in [7, 11) is 2.00. The van der Waals surface area contributed by atoms with Crippen molar-refractivity contribution in [2.75, 3.05) is 32.7 Å². The fourth-order valence-corrected chi connectivity index (χ4v) is 4.47. The predicted octanol–water partition coefficient (Wildman–Crippen LogP) is 1.77. The van der Waals surface area contributed by atoms with E-state index in [0.717, 1.165) is 57.6 Å². The largest absolute Gasteiger partial charge is 0.352 e. The van der Waals surface area contributed by atoms with Gasteiger partial charge in [-0.1, -0.05) is 6.92 Å². The Labute approximate surface area is 151 Å². The molecule has 1 aromatic rings. The first kappa shape index (κ1) is 18.4. The van der Waals surface area contributed by atoms with Crippen molar-refractivity contribution in [2.24, 2.45) is 7.05 Å². The molecule has 2 fully saturated rings. The fourth-order valence-electron chi connectivity index (χ4n) is 4.47. The maximum Gasteiger partial charge on any atom is 0.234 e. The van der Waals surface area contributed by atoms with Crippen LogP contribution in [0.2, 0.25) is 0 Å². The van der Waals surface area contributed by atoms with E-state index in [9.17, 15) is 4.79 Å². The molecule has 2 saturated heterocycles. The molecule has 1 unspecified atom stereocenters. The highest BCUT2D eigenvalue weighted by Gasteiger charge is 2.32. The number of hydrogen-bond acceptors (Lipinski definition) is 4. The first-order valence-electron chi connectivity index (χ1n) is 9.75. The molecule has 1 amide bonds. The van der Waals surface area contributed by atoms with Gasteiger partial charge in [0.15, 0.2) is 0 Å². The molecule has 6 nitrogen and oxygen atoms in total. The van der Waals surface area contributed by atoms with Crippen LogP contribution in [0.25, 0.3) is 0 Å². The van der Waals surface area contributed by atoms with Gasteiger partial charge in [0.1, 0.15) is 0 Å². The molecule has 1 aromatic heterocycles. The second-order valence-corrected chi connectivity index (χ2v) is 7.61. The van der Waals surface area contributed by atoms with Crippen molar-refractivity contribution in [3.8, 4) is 0 Å². The summed E-state index contributed by atoms with van der Waals surface area (Å²) in [5.74, 6) is 0.182. The summed E-state index contributed by atoms with van der Waals surface area (Å²) >= 11 is 0. The molecule has 0 radical (unpaired) electrons. The normalized spacial score (nSPS) is 23.3. The Kier molecular flexibility index (Phi) is 5.79. The second kappa shape index (κ2) is 7.87. The number of amides is 1. The molecule has 0 spiro atoms. The van der Waals surface area contributed by atoms with Gasteiger partial charge in [0.05, 0.1) is 12.2 Å². The van der Waals surface area contributed by atoms with Gasteiger partial charge < -0.3 is 10.2 Å². The van der Waals surface area contributed by atoms with Crippen LogP contribution in [0.3, 0.4) is 0 Å². The number of nitrogens with zero attached hydrogens (tertiary/aromatic N) is 4. The smallest absolute Gasteiger partial charge is 0.234 e. The first-order valence-corrected chi connectivity index (χ1v) is 9.75. The summed E-state index contributed by atoms with van der Waals surface area (Å²) in [6.45, 7) is 11.2. The quantitative estimate of drug-likeness (QED) is 0.882. The van der Waals surface area contributed by atoms with E-state index in [2.05, 4.69) is 41.0 Å². The molecule has 0 aliphatic carbocycles. The van der Waals surface area contributed by atoms with Crippen LogP contribution < -0.4 is 5.32 Å². The van der Waals surface area contributed by atoms with E-state index in [-0.39, 0.29) is 5.91 Å². The maximum atomic E-state index is 12.6. The summed E-state index contributed by atoms with van der Waals surface area (Å²) in [4.78, 5) is 17.4. The van der Waals surface area contributed by atoms with Crippen LogP contribution in [0.5, 0.6) is 0 Å². The maximum absolute atomic E-state index is 12.6. The SMILES string of the molecule is CCN1CCC(NC(=O)CN2CCCC2c2c(C)nn(C)c2C)CC1. The lowest BCUT2D eigenvalue weighted by atomic mass is 10.0. The van der Waals surface area contributed by atoms with E-state index in [1.807, 2.05) is 11.7 Å². The number of piperidine rings is 1. The zero-order valence-electron chi connectivity index (χ0n) is 16.2. The molecule has 2 aliphatic rings. The molecule has 0 bridgehead atoms. The van der Waals surface area contributed by atoms with E-state index in [4.69, 9.17) is 0 Å². The standard InChI is InChI=1S/C19H33N5O/c1-5-23-11-8-16(9-12-23)20-18(25)13-24-10-6-7-17(24)19-14(2)21-22(4)15(19)3/h16-17H,5-13H2,1-4H3,(H,20,25). The van der Waals surface area contributed by atoms with Crippen LogP contribution in [0, 0.1) is 13.8 Å². The van der Waals surface area contributed by atoms with Crippen molar-refractivity contribution in [1.82, 2.24) is 24.9 Å². The fraction of sp³-hybridized carbons (Fsp3) is 0.789. The molecule has 3 heterocycles. The van der Waals surface area contributed by atoms with E-state index in [1.165, 1.54) is 11.3 Å². The van der Waals surface area contributed by atoms with Crippen molar-refractivity contribution in [3.05, 3.63) is 17.0 Å². The minimum atomic E-state index is 0.182. The molecule has 3 rings (SSSR count). The molecule has 0 saturated carbocycles. The topological polar surface area (TPSA) is 53.4 Å². The Bertz CT molecular complexity index is 603. The minimum Gasteiger partial charge on any atom is -0.352 e. The summed E-state index contributed by atoms with van der Waals surface area (Å²) < 4.78 is 1.96. The third-order valence-corrected chi connectivity index (χ3v) is 6.01. The Balaban J connectivity index is 1.57. The zero-order valence-corrected chi connectivity index (χ0v) is 16.2. The van der Waals surface area contributed by atoms with E-state index >= 15 is 0 Å².